The Balaban J connectivity index is 1.80. The third-order valence-corrected chi connectivity index (χ3v) is 5.97. The van der Waals surface area contributed by atoms with E-state index in [0.717, 1.165) is 26.1 Å². The summed E-state index contributed by atoms with van der Waals surface area (Å²) < 4.78 is 26.4. The van der Waals surface area contributed by atoms with Crippen molar-refractivity contribution in [2.24, 2.45) is 0 Å². The van der Waals surface area contributed by atoms with E-state index >= 15 is 0 Å². The molecule has 1 aliphatic heterocycles. The lowest BCUT2D eigenvalue weighted by Crippen LogP contribution is -2.54. The molecule has 6 nitrogen and oxygen atoms in total. The first-order valence-electron chi connectivity index (χ1n) is 8.96. The van der Waals surface area contributed by atoms with Crippen molar-refractivity contribution in [2.45, 2.75) is 39.3 Å². The van der Waals surface area contributed by atoms with E-state index < -0.39 is 16.1 Å². The number of piperazine rings is 1. The fourth-order valence-electron chi connectivity index (χ4n) is 2.95. The van der Waals surface area contributed by atoms with Crippen LogP contribution in [0.15, 0.2) is 30.3 Å². The Hall–Kier alpha value is -1.44. The number of sulfonamides is 1. The minimum absolute atomic E-state index is 0.0754. The van der Waals surface area contributed by atoms with Crippen LogP contribution in [0.3, 0.4) is 0 Å². The fourth-order valence-corrected chi connectivity index (χ4v) is 4.38. The Morgan fingerprint density at radius 3 is 2.40 bits per heavy atom. The van der Waals surface area contributed by atoms with Gasteiger partial charge in [-0.2, -0.15) is 0 Å². The molecule has 1 aliphatic rings. The minimum Gasteiger partial charge on any atom is -0.339 e. The molecule has 140 valence electrons. The van der Waals surface area contributed by atoms with Gasteiger partial charge in [0.2, 0.25) is 15.9 Å². The molecule has 1 amide bonds. The molecule has 0 bridgehead atoms. The first kappa shape index (κ1) is 19.9. The second-order valence-corrected chi connectivity index (χ2v) is 8.47. The van der Waals surface area contributed by atoms with Gasteiger partial charge in [0.05, 0.1) is 11.8 Å². The maximum Gasteiger partial charge on any atom is 0.240 e. The quantitative estimate of drug-likeness (QED) is 0.755. The number of hydrogen-bond acceptors (Lipinski definition) is 4. The van der Waals surface area contributed by atoms with Gasteiger partial charge in [0.25, 0.3) is 0 Å². The number of carbonyl (C=O) groups is 1. The van der Waals surface area contributed by atoms with Crippen molar-refractivity contribution in [1.82, 2.24) is 14.5 Å². The lowest BCUT2D eigenvalue weighted by Gasteiger charge is -2.36. The van der Waals surface area contributed by atoms with Gasteiger partial charge >= 0.3 is 0 Å². The van der Waals surface area contributed by atoms with Gasteiger partial charge in [0, 0.05) is 32.7 Å². The van der Waals surface area contributed by atoms with Gasteiger partial charge in [0.15, 0.2) is 0 Å². The molecule has 2 rings (SSSR count). The first-order valence-corrected chi connectivity index (χ1v) is 10.6. The molecule has 0 unspecified atom stereocenters. The average Bonchev–Trinajstić information content (AvgIpc) is 2.60. The molecule has 0 saturated carbocycles. The summed E-state index contributed by atoms with van der Waals surface area (Å²) in [7, 11) is -3.39. The standard InChI is InChI=1S/C18H29N3O3S/c1-3-4-14-25(23,24)19-16(2)18(22)21-12-10-20(11-13-21)15-17-8-6-5-7-9-17/h5-9,16,19H,3-4,10-15H2,1-2H3/t16-/m0/s1. The highest BCUT2D eigenvalue weighted by Crippen LogP contribution is 2.10. The normalized spacial score (nSPS) is 17.4. The summed E-state index contributed by atoms with van der Waals surface area (Å²) in [5.74, 6) is -0.0640. The van der Waals surface area contributed by atoms with E-state index in [1.165, 1.54) is 5.56 Å². The number of rotatable bonds is 8. The van der Waals surface area contributed by atoms with Crippen molar-refractivity contribution < 1.29 is 13.2 Å². The lowest BCUT2D eigenvalue weighted by atomic mass is 10.2. The molecule has 1 aromatic rings. The van der Waals surface area contributed by atoms with Crippen LogP contribution in [0.5, 0.6) is 0 Å². The van der Waals surface area contributed by atoms with Crippen molar-refractivity contribution in [3.63, 3.8) is 0 Å². The molecule has 0 radical (unpaired) electrons. The number of carbonyl (C=O) groups excluding carboxylic acids is 1. The monoisotopic (exact) mass is 367 g/mol. The Morgan fingerprint density at radius 2 is 1.80 bits per heavy atom. The zero-order chi connectivity index (χ0) is 18.3. The Labute approximate surface area is 151 Å². The Morgan fingerprint density at radius 1 is 1.16 bits per heavy atom. The van der Waals surface area contributed by atoms with Crippen LogP contribution < -0.4 is 4.72 Å². The zero-order valence-corrected chi connectivity index (χ0v) is 16.0. The number of hydrogen-bond donors (Lipinski definition) is 1. The van der Waals surface area contributed by atoms with E-state index in [4.69, 9.17) is 0 Å². The van der Waals surface area contributed by atoms with Gasteiger partial charge in [-0.25, -0.2) is 13.1 Å². The Bertz CT molecular complexity index is 641. The highest BCUT2D eigenvalue weighted by Gasteiger charge is 2.27. The van der Waals surface area contributed by atoms with Crippen LogP contribution >= 0.6 is 0 Å². The molecule has 0 aromatic heterocycles. The molecule has 1 heterocycles. The topological polar surface area (TPSA) is 69.7 Å². The summed E-state index contributed by atoms with van der Waals surface area (Å²) in [6.07, 6.45) is 1.42. The highest BCUT2D eigenvalue weighted by molar-refractivity contribution is 7.89. The molecule has 1 atom stereocenters. The van der Waals surface area contributed by atoms with E-state index in [2.05, 4.69) is 21.8 Å². The van der Waals surface area contributed by atoms with Crippen molar-refractivity contribution in [1.29, 1.82) is 0 Å². The van der Waals surface area contributed by atoms with E-state index in [1.807, 2.05) is 25.1 Å². The summed E-state index contributed by atoms with van der Waals surface area (Å²) in [5, 5.41) is 0. The third kappa shape index (κ3) is 6.41. The van der Waals surface area contributed by atoms with Crippen molar-refractivity contribution in [2.75, 3.05) is 31.9 Å². The van der Waals surface area contributed by atoms with Crippen LogP contribution in [0.2, 0.25) is 0 Å². The van der Waals surface area contributed by atoms with Crippen LogP contribution in [0, 0.1) is 0 Å². The molecular formula is C18H29N3O3S. The fraction of sp³-hybridized carbons (Fsp3) is 0.611. The van der Waals surface area contributed by atoms with Gasteiger partial charge in [-0.15, -0.1) is 0 Å². The molecule has 1 saturated heterocycles. The van der Waals surface area contributed by atoms with Gasteiger partial charge in [-0.1, -0.05) is 43.7 Å². The average molecular weight is 368 g/mol. The lowest BCUT2D eigenvalue weighted by molar-refractivity contribution is -0.134. The summed E-state index contributed by atoms with van der Waals surface area (Å²) in [4.78, 5) is 16.6. The van der Waals surface area contributed by atoms with Crippen LogP contribution in [-0.4, -0.2) is 62.1 Å². The van der Waals surface area contributed by atoms with Crippen molar-refractivity contribution in [3.05, 3.63) is 35.9 Å². The maximum absolute atomic E-state index is 12.5. The second-order valence-electron chi connectivity index (χ2n) is 6.60. The molecule has 1 aromatic carbocycles. The van der Waals surface area contributed by atoms with Gasteiger partial charge in [-0.3, -0.25) is 9.69 Å². The zero-order valence-electron chi connectivity index (χ0n) is 15.1. The summed E-state index contributed by atoms with van der Waals surface area (Å²) in [5.41, 5.74) is 1.26. The maximum atomic E-state index is 12.5. The SMILES string of the molecule is CCCCS(=O)(=O)N[C@@H](C)C(=O)N1CCN(Cc2ccccc2)CC1. The van der Waals surface area contributed by atoms with Crippen LogP contribution in [-0.2, 0) is 21.4 Å². The van der Waals surface area contributed by atoms with Crippen LogP contribution in [0.25, 0.3) is 0 Å². The minimum atomic E-state index is -3.39. The van der Waals surface area contributed by atoms with E-state index in [0.29, 0.717) is 19.5 Å². The Kier molecular flexibility index (Phi) is 7.40. The predicted molar refractivity (Wildman–Crippen MR) is 99.6 cm³/mol. The molecular weight excluding hydrogens is 338 g/mol. The summed E-state index contributed by atoms with van der Waals surface area (Å²) in [6, 6.07) is 9.56. The van der Waals surface area contributed by atoms with E-state index in [9.17, 15) is 13.2 Å². The largest absolute Gasteiger partial charge is 0.339 e. The molecule has 1 fully saturated rings. The first-order chi connectivity index (χ1) is 11.9. The number of amides is 1. The van der Waals surface area contributed by atoms with Crippen LogP contribution in [0.1, 0.15) is 32.3 Å². The van der Waals surface area contributed by atoms with Crippen molar-refractivity contribution >= 4 is 15.9 Å². The number of unbranched alkanes of at least 4 members (excludes halogenated alkanes) is 1. The van der Waals surface area contributed by atoms with Gasteiger partial charge in [0.1, 0.15) is 0 Å². The number of benzene rings is 1. The molecule has 7 heteroatoms. The molecule has 25 heavy (non-hydrogen) atoms. The second kappa shape index (κ2) is 9.31. The van der Waals surface area contributed by atoms with E-state index in [-0.39, 0.29) is 11.7 Å². The van der Waals surface area contributed by atoms with Gasteiger partial charge < -0.3 is 4.90 Å². The smallest absolute Gasteiger partial charge is 0.240 e. The summed E-state index contributed by atoms with van der Waals surface area (Å²) >= 11 is 0. The van der Waals surface area contributed by atoms with Crippen LogP contribution in [0.4, 0.5) is 0 Å². The summed E-state index contributed by atoms with van der Waals surface area (Å²) in [6.45, 7) is 7.31. The highest BCUT2D eigenvalue weighted by atomic mass is 32.2. The predicted octanol–water partition coefficient (Wildman–Crippen LogP) is 1.44. The number of nitrogens with one attached hydrogen (secondary N) is 1. The third-order valence-electron chi connectivity index (χ3n) is 4.43. The molecule has 0 aliphatic carbocycles. The van der Waals surface area contributed by atoms with E-state index in [1.54, 1.807) is 11.8 Å². The molecule has 1 N–H and O–H groups in total. The number of nitrogens with zero attached hydrogens (tertiary/aromatic N) is 2. The van der Waals surface area contributed by atoms with Crippen molar-refractivity contribution in [3.8, 4) is 0 Å². The van der Waals surface area contributed by atoms with Gasteiger partial charge in [-0.05, 0) is 18.9 Å². The molecule has 0 spiro atoms.